The molecule has 0 aliphatic heterocycles. The molecule has 0 bridgehead atoms. The predicted molar refractivity (Wildman–Crippen MR) is 72.5 cm³/mol. The van der Waals surface area contributed by atoms with Crippen LogP contribution in [0.1, 0.15) is 36.0 Å². The minimum absolute atomic E-state index is 0.0516. The quantitative estimate of drug-likeness (QED) is 0.861. The molecular weight excluding hydrogens is 268 g/mol. The van der Waals surface area contributed by atoms with Gasteiger partial charge in [0, 0.05) is 12.0 Å². The van der Waals surface area contributed by atoms with E-state index in [2.05, 4.69) is 0 Å². The molecular formula is C14H17ClO4. The number of halogens is 1. The average molecular weight is 285 g/mol. The van der Waals surface area contributed by atoms with E-state index in [4.69, 9.17) is 21.1 Å². The van der Waals surface area contributed by atoms with Gasteiger partial charge in [0.1, 0.15) is 22.1 Å². The van der Waals surface area contributed by atoms with Crippen molar-refractivity contribution in [1.29, 1.82) is 0 Å². The summed E-state index contributed by atoms with van der Waals surface area (Å²) in [6.07, 6.45) is 3.79. The van der Waals surface area contributed by atoms with Gasteiger partial charge < -0.3 is 14.6 Å². The van der Waals surface area contributed by atoms with Gasteiger partial charge in [-0.1, -0.05) is 24.4 Å². The van der Waals surface area contributed by atoms with Gasteiger partial charge in [-0.2, -0.15) is 0 Å². The van der Waals surface area contributed by atoms with Crippen molar-refractivity contribution in [3.05, 3.63) is 16.7 Å². The third-order valence-electron chi connectivity index (χ3n) is 3.56. The number of benzene rings is 1. The summed E-state index contributed by atoms with van der Waals surface area (Å²) in [5.41, 5.74) is 0.167. The van der Waals surface area contributed by atoms with Crippen molar-refractivity contribution in [2.24, 2.45) is 5.92 Å². The number of ketones is 1. The van der Waals surface area contributed by atoms with Gasteiger partial charge in [0.15, 0.2) is 11.5 Å². The first-order valence-electron chi connectivity index (χ1n) is 6.27. The van der Waals surface area contributed by atoms with Crippen LogP contribution in [0.15, 0.2) is 6.07 Å². The number of phenolic OH excluding ortho intramolecular Hbond substituents is 1. The first kappa shape index (κ1) is 14.0. The van der Waals surface area contributed by atoms with Crippen LogP contribution in [-0.4, -0.2) is 25.1 Å². The number of rotatable bonds is 4. The van der Waals surface area contributed by atoms with E-state index in [9.17, 15) is 9.90 Å². The van der Waals surface area contributed by atoms with Gasteiger partial charge in [0.25, 0.3) is 0 Å². The van der Waals surface area contributed by atoms with E-state index < -0.39 is 0 Å². The Balaban J connectivity index is 2.49. The van der Waals surface area contributed by atoms with Crippen LogP contribution in [0.25, 0.3) is 0 Å². The number of hydrogen-bond acceptors (Lipinski definition) is 4. The van der Waals surface area contributed by atoms with Gasteiger partial charge in [0.05, 0.1) is 14.2 Å². The highest BCUT2D eigenvalue weighted by Gasteiger charge is 2.30. The minimum atomic E-state index is -0.144. The second kappa shape index (κ2) is 5.70. The molecule has 0 radical (unpaired) electrons. The van der Waals surface area contributed by atoms with Crippen molar-refractivity contribution in [2.75, 3.05) is 14.2 Å². The maximum Gasteiger partial charge on any atom is 0.173 e. The largest absolute Gasteiger partial charge is 0.507 e. The lowest BCUT2D eigenvalue weighted by atomic mass is 9.94. The maximum atomic E-state index is 12.5. The number of phenols is 1. The van der Waals surface area contributed by atoms with Gasteiger partial charge in [0.2, 0.25) is 0 Å². The van der Waals surface area contributed by atoms with Crippen molar-refractivity contribution in [2.45, 2.75) is 25.7 Å². The molecule has 0 heterocycles. The van der Waals surface area contributed by atoms with Gasteiger partial charge in [-0.05, 0) is 12.8 Å². The molecule has 0 unspecified atom stereocenters. The normalized spacial score (nSPS) is 15.5. The molecule has 0 spiro atoms. The Kier molecular flexibility index (Phi) is 4.20. The Labute approximate surface area is 117 Å². The highest BCUT2D eigenvalue weighted by atomic mass is 35.5. The molecule has 1 aromatic carbocycles. The number of aromatic hydroxyl groups is 1. The summed E-state index contributed by atoms with van der Waals surface area (Å²) in [6, 6.07) is 1.35. The number of Topliss-reactive ketones (excluding diaryl/α,β-unsaturated/α-hetero) is 1. The van der Waals surface area contributed by atoms with Crippen LogP contribution in [0.5, 0.6) is 17.2 Å². The highest BCUT2D eigenvalue weighted by Crippen LogP contribution is 2.44. The van der Waals surface area contributed by atoms with Crippen LogP contribution in [0.3, 0.4) is 0 Å². The van der Waals surface area contributed by atoms with Crippen molar-refractivity contribution >= 4 is 17.4 Å². The van der Waals surface area contributed by atoms with E-state index in [1.807, 2.05) is 0 Å². The van der Waals surface area contributed by atoms with Crippen LogP contribution in [0, 0.1) is 5.92 Å². The molecule has 0 saturated heterocycles. The van der Waals surface area contributed by atoms with E-state index in [-0.39, 0.29) is 33.8 Å². The van der Waals surface area contributed by atoms with Gasteiger partial charge in [-0.25, -0.2) is 0 Å². The number of methoxy groups -OCH3 is 2. The highest BCUT2D eigenvalue weighted by molar-refractivity contribution is 6.34. The van der Waals surface area contributed by atoms with E-state index in [0.717, 1.165) is 25.7 Å². The maximum absolute atomic E-state index is 12.5. The molecule has 4 nitrogen and oxygen atoms in total. The van der Waals surface area contributed by atoms with Crippen molar-refractivity contribution < 1.29 is 19.4 Å². The van der Waals surface area contributed by atoms with Gasteiger partial charge >= 0.3 is 0 Å². The SMILES string of the molecule is COc1cc(O)c(C(=O)C2CCCC2)c(OC)c1Cl. The fraction of sp³-hybridized carbons (Fsp3) is 0.500. The van der Waals surface area contributed by atoms with E-state index >= 15 is 0 Å². The molecule has 5 heteroatoms. The first-order valence-corrected chi connectivity index (χ1v) is 6.65. The molecule has 104 valence electrons. The van der Waals surface area contributed by atoms with E-state index in [1.165, 1.54) is 20.3 Å². The lowest BCUT2D eigenvalue weighted by Gasteiger charge is -2.16. The molecule has 2 rings (SSSR count). The third-order valence-corrected chi connectivity index (χ3v) is 3.92. The van der Waals surface area contributed by atoms with Crippen LogP contribution >= 0.6 is 11.6 Å². The predicted octanol–water partition coefficient (Wildman–Crippen LogP) is 3.44. The molecule has 1 saturated carbocycles. The Morgan fingerprint density at radius 2 is 1.95 bits per heavy atom. The molecule has 1 aliphatic rings. The van der Waals surface area contributed by atoms with Crippen LogP contribution in [0.4, 0.5) is 0 Å². The van der Waals surface area contributed by atoms with Gasteiger partial charge in [-0.3, -0.25) is 4.79 Å². The molecule has 19 heavy (non-hydrogen) atoms. The summed E-state index contributed by atoms with van der Waals surface area (Å²) in [5, 5.41) is 10.3. The number of hydrogen-bond donors (Lipinski definition) is 1. The monoisotopic (exact) mass is 284 g/mol. The molecule has 0 aromatic heterocycles. The fourth-order valence-corrected chi connectivity index (χ4v) is 2.87. The van der Waals surface area contributed by atoms with Gasteiger partial charge in [-0.15, -0.1) is 0 Å². The minimum Gasteiger partial charge on any atom is -0.507 e. The smallest absolute Gasteiger partial charge is 0.173 e. The summed E-state index contributed by atoms with van der Waals surface area (Å²) >= 11 is 6.12. The van der Waals surface area contributed by atoms with Crippen molar-refractivity contribution in [1.82, 2.24) is 0 Å². The average Bonchev–Trinajstić information content (AvgIpc) is 2.93. The third kappa shape index (κ3) is 2.50. The molecule has 0 atom stereocenters. The fourth-order valence-electron chi connectivity index (χ4n) is 2.57. The Hall–Kier alpha value is -1.42. The lowest BCUT2D eigenvalue weighted by molar-refractivity contribution is 0.0917. The summed E-state index contributed by atoms with van der Waals surface area (Å²) in [5.74, 6) is 0.185. The van der Waals surface area contributed by atoms with E-state index in [0.29, 0.717) is 5.75 Å². The second-order valence-corrected chi connectivity index (χ2v) is 5.04. The molecule has 1 aliphatic carbocycles. The Morgan fingerprint density at radius 1 is 1.32 bits per heavy atom. The van der Waals surface area contributed by atoms with Crippen LogP contribution < -0.4 is 9.47 Å². The topological polar surface area (TPSA) is 55.8 Å². The van der Waals surface area contributed by atoms with Crippen molar-refractivity contribution in [3.63, 3.8) is 0 Å². The summed E-state index contributed by atoms with van der Waals surface area (Å²) in [6.45, 7) is 0. The van der Waals surface area contributed by atoms with Crippen LogP contribution in [-0.2, 0) is 0 Å². The zero-order valence-electron chi connectivity index (χ0n) is 11.0. The van der Waals surface area contributed by atoms with Crippen LogP contribution in [0.2, 0.25) is 5.02 Å². The molecule has 1 N–H and O–H groups in total. The second-order valence-electron chi connectivity index (χ2n) is 4.67. The molecule has 1 fully saturated rings. The molecule has 1 aromatic rings. The Morgan fingerprint density at radius 3 is 2.47 bits per heavy atom. The zero-order chi connectivity index (χ0) is 14.0. The van der Waals surface area contributed by atoms with E-state index in [1.54, 1.807) is 0 Å². The van der Waals surface area contributed by atoms with Crippen molar-refractivity contribution in [3.8, 4) is 17.2 Å². The number of ether oxygens (including phenoxy) is 2. The molecule has 0 amide bonds. The number of carbonyl (C=O) groups is 1. The first-order chi connectivity index (χ1) is 9.10. The Bertz CT molecular complexity index is 493. The zero-order valence-corrected chi connectivity index (χ0v) is 11.8. The standard InChI is InChI=1S/C14H17ClO4/c1-18-10-7-9(16)11(14(19-2)12(10)15)13(17)8-5-3-4-6-8/h7-8,16H,3-6H2,1-2H3. The number of carbonyl (C=O) groups excluding carboxylic acids is 1. The summed E-state index contributed by atoms with van der Waals surface area (Å²) < 4.78 is 10.2. The summed E-state index contributed by atoms with van der Waals surface area (Å²) in [7, 11) is 2.87. The summed E-state index contributed by atoms with van der Waals surface area (Å²) in [4.78, 5) is 12.5. The lowest BCUT2D eigenvalue weighted by Crippen LogP contribution is -2.13.